The number of hydrogen-bond donors (Lipinski definition) is 0. The number of aromatic nitrogens is 2. The predicted molar refractivity (Wildman–Crippen MR) is 104 cm³/mol. The van der Waals surface area contributed by atoms with Gasteiger partial charge in [-0.15, -0.1) is 11.3 Å². The van der Waals surface area contributed by atoms with E-state index in [1.807, 2.05) is 35.7 Å². The molecule has 0 saturated carbocycles. The van der Waals surface area contributed by atoms with Crippen molar-refractivity contribution < 1.29 is 4.39 Å². The maximum Gasteiger partial charge on any atom is 0.283 e. The average Bonchev–Trinajstić information content (AvgIpc) is 3.08. The second kappa shape index (κ2) is 6.82. The van der Waals surface area contributed by atoms with Crippen molar-refractivity contribution in [3.63, 3.8) is 0 Å². The molecular weight excluding hydrogens is 373 g/mol. The van der Waals surface area contributed by atoms with E-state index in [1.54, 1.807) is 6.07 Å². The molecule has 4 aromatic rings. The Morgan fingerprint density at radius 2 is 1.96 bits per heavy atom. The van der Waals surface area contributed by atoms with Gasteiger partial charge in [0.05, 0.1) is 16.6 Å². The van der Waals surface area contributed by atoms with Crippen molar-refractivity contribution >= 4 is 39.4 Å². The summed E-state index contributed by atoms with van der Waals surface area (Å²) < 4.78 is 15.0. The topological polar surface area (TPSA) is 47.2 Å². The normalized spacial score (nSPS) is 11.5. The molecule has 0 N–H and O–H groups in total. The van der Waals surface area contributed by atoms with Gasteiger partial charge in [-0.3, -0.25) is 4.79 Å². The predicted octanol–water partition coefficient (Wildman–Crippen LogP) is 4.80. The lowest BCUT2D eigenvalue weighted by atomic mass is 10.1. The van der Waals surface area contributed by atoms with Crippen LogP contribution >= 0.6 is 22.9 Å². The molecule has 7 heteroatoms. The fraction of sp³-hybridized carbons (Fsp3) is 0. The van der Waals surface area contributed by atoms with Crippen LogP contribution in [0.5, 0.6) is 0 Å². The highest BCUT2D eigenvalue weighted by molar-refractivity contribution is 7.17. The van der Waals surface area contributed by atoms with Crippen LogP contribution in [0.2, 0.25) is 5.02 Å². The Bertz CT molecular complexity index is 1160. The van der Waals surface area contributed by atoms with E-state index in [9.17, 15) is 9.18 Å². The lowest BCUT2D eigenvalue weighted by Gasteiger charge is -2.02. The molecule has 0 atom stereocenters. The van der Waals surface area contributed by atoms with Crippen LogP contribution in [0.4, 0.5) is 4.39 Å². The molecule has 0 aliphatic rings. The highest BCUT2D eigenvalue weighted by Crippen LogP contribution is 2.30. The Morgan fingerprint density at radius 3 is 2.73 bits per heavy atom. The van der Waals surface area contributed by atoms with Gasteiger partial charge in [0.15, 0.2) is 0 Å². The van der Waals surface area contributed by atoms with Gasteiger partial charge in [0.2, 0.25) is 0 Å². The SMILES string of the molecule is O=c1c2c(-c3ccccc3)csc2ncn1/N=C\c1c(F)cccc1Cl. The molecule has 2 heterocycles. The third kappa shape index (κ3) is 2.94. The van der Waals surface area contributed by atoms with Crippen molar-refractivity contribution in [2.24, 2.45) is 5.10 Å². The van der Waals surface area contributed by atoms with Gasteiger partial charge in [-0.2, -0.15) is 9.78 Å². The number of rotatable bonds is 3. The number of nitrogens with zero attached hydrogens (tertiary/aromatic N) is 3. The first-order chi connectivity index (χ1) is 12.6. The molecule has 0 aliphatic heterocycles. The van der Waals surface area contributed by atoms with E-state index in [1.165, 1.54) is 36.0 Å². The van der Waals surface area contributed by atoms with E-state index in [0.717, 1.165) is 15.8 Å². The Balaban J connectivity index is 1.84. The zero-order valence-electron chi connectivity index (χ0n) is 13.3. The molecule has 0 saturated heterocycles. The molecule has 4 rings (SSSR count). The van der Waals surface area contributed by atoms with Crippen LogP contribution in [0.25, 0.3) is 21.3 Å². The third-order valence-electron chi connectivity index (χ3n) is 3.87. The molecule has 0 amide bonds. The smallest absolute Gasteiger partial charge is 0.267 e. The van der Waals surface area contributed by atoms with Crippen LogP contribution in [0.3, 0.4) is 0 Å². The van der Waals surface area contributed by atoms with Crippen molar-refractivity contribution in [2.75, 3.05) is 0 Å². The van der Waals surface area contributed by atoms with Gasteiger partial charge in [-0.1, -0.05) is 48.0 Å². The molecular formula is C19H11ClFN3OS. The van der Waals surface area contributed by atoms with Gasteiger partial charge >= 0.3 is 0 Å². The van der Waals surface area contributed by atoms with Gasteiger partial charge in [0.1, 0.15) is 17.0 Å². The van der Waals surface area contributed by atoms with Gasteiger partial charge < -0.3 is 0 Å². The summed E-state index contributed by atoms with van der Waals surface area (Å²) in [5.74, 6) is -0.510. The highest BCUT2D eigenvalue weighted by Gasteiger charge is 2.13. The molecule has 128 valence electrons. The minimum Gasteiger partial charge on any atom is -0.267 e. The van der Waals surface area contributed by atoms with E-state index in [-0.39, 0.29) is 16.1 Å². The third-order valence-corrected chi connectivity index (χ3v) is 5.09. The maximum absolute atomic E-state index is 13.9. The van der Waals surface area contributed by atoms with Crippen LogP contribution in [0.15, 0.2) is 70.1 Å². The van der Waals surface area contributed by atoms with Gasteiger partial charge in [-0.25, -0.2) is 9.37 Å². The van der Waals surface area contributed by atoms with Crippen molar-refractivity contribution in [3.8, 4) is 11.1 Å². The largest absolute Gasteiger partial charge is 0.283 e. The molecule has 2 aromatic heterocycles. The Kier molecular flexibility index (Phi) is 4.36. The summed E-state index contributed by atoms with van der Waals surface area (Å²) in [4.78, 5) is 17.8. The zero-order chi connectivity index (χ0) is 18.1. The molecule has 0 bridgehead atoms. The number of benzene rings is 2. The minimum atomic E-state index is -0.510. The van der Waals surface area contributed by atoms with Crippen LogP contribution in [-0.4, -0.2) is 15.9 Å². The number of thiophene rings is 1. The fourth-order valence-corrected chi connectivity index (χ4v) is 3.71. The first kappa shape index (κ1) is 16.6. The van der Waals surface area contributed by atoms with Crippen LogP contribution < -0.4 is 5.56 Å². The minimum absolute atomic E-state index is 0.120. The monoisotopic (exact) mass is 383 g/mol. The summed E-state index contributed by atoms with van der Waals surface area (Å²) in [5, 5.41) is 6.66. The van der Waals surface area contributed by atoms with Crippen molar-refractivity contribution in [1.82, 2.24) is 9.66 Å². The van der Waals surface area contributed by atoms with Crippen LogP contribution in [0, 0.1) is 5.82 Å². The first-order valence-electron chi connectivity index (χ1n) is 7.68. The lowest BCUT2D eigenvalue weighted by Crippen LogP contribution is -2.17. The standard InChI is InChI=1S/C19H11ClFN3OS/c20-15-7-4-8-16(21)13(15)9-23-24-11-22-18-17(19(24)25)14(10-26-18)12-5-2-1-3-6-12/h1-11H/b23-9-. The first-order valence-corrected chi connectivity index (χ1v) is 8.93. The molecule has 26 heavy (non-hydrogen) atoms. The Hall–Kier alpha value is -2.83. The average molecular weight is 384 g/mol. The number of fused-ring (bicyclic) bond motifs is 1. The summed E-state index contributed by atoms with van der Waals surface area (Å²) in [6.07, 6.45) is 2.54. The summed E-state index contributed by atoms with van der Waals surface area (Å²) >= 11 is 7.38. The van der Waals surface area contributed by atoms with Gasteiger partial charge in [0.25, 0.3) is 5.56 Å². The quantitative estimate of drug-likeness (QED) is 0.477. The zero-order valence-corrected chi connectivity index (χ0v) is 14.8. The van der Waals surface area contributed by atoms with E-state index in [2.05, 4.69) is 10.1 Å². The van der Waals surface area contributed by atoms with Crippen LogP contribution in [-0.2, 0) is 0 Å². The summed E-state index contributed by atoms with van der Waals surface area (Å²) in [5.41, 5.74) is 1.53. The molecule has 0 aliphatic carbocycles. The van der Waals surface area contributed by atoms with E-state index >= 15 is 0 Å². The Morgan fingerprint density at radius 1 is 1.15 bits per heavy atom. The summed E-state index contributed by atoms with van der Waals surface area (Å²) in [6.45, 7) is 0. The van der Waals surface area contributed by atoms with Crippen LogP contribution in [0.1, 0.15) is 5.56 Å². The fourth-order valence-electron chi connectivity index (χ4n) is 2.59. The second-order valence-corrected chi connectivity index (χ2v) is 6.74. The molecule has 4 nitrogen and oxygen atoms in total. The molecule has 0 radical (unpaired) electrons. The lowest BCUT2D eigenvalue weighted by molar-refractivity contribution is 0.625. The van der Waals surface area contributed by atoms with E-state index in [4.69, 9.17) is 11.6 Å². The maximum atomic E-state index is 13.9. The van der Waals surface area contributed by atoms with Crippen molar-refractivity contribution in [2.45, 2.75) is 0 Å². The van der Waals surface area contributed by atoms with Gasteiger partial charge in [-0.05, 0) is 17.7 Å². The number of halogens is 2. The Labute approximate surface area is 156 Å². The number of hydrogen-bond acceptors (Lipinski definition) is 4. The summed E-state index contributed by atoms with van der Waals surface area (Å²) in [6, 6.07) is 13.9. The van der Waals surface area contributed by atoms with Gasteiger partial charge in [0, 0.05) is 16.5 Å². The molecule has 0 fully saturated rings. The van der Waals surface area contributed by atoms with E-state index in [0.29, 0.717) is 10.2 Å². The second-order valence-electron chi connectivity index (χ2n) is 5.47. The summed E-state index contributed by atoms with van der Waals surface area (Å²) in [7, 11) is 0. The molecule has 2 aromatic carbocycles. The van der Waals surface area contributed by atoms with Crippen molar-refractivity contribution in [1.29, 1.82) is 0 Å². The van der Waals surface area contributed by atoms with E-state index < -0.39 is 5.82 Å². The molecule has 0 unspecified atom stereocenters. The van der Waals surface area contributed by atoms with Crippen molar-refractivity contribution in [3.05, 3.63) is 87.0 Å². The highest BCUT2D eigenvalue weighted by atomic mass is 35.5. The molecule has 0 spiro atoms.